The summed E-state index contributed by atoms with van der Waals surface area (Å²) >= 11 is 0. The molecule has 2 bridgehead atoms. The first-order valence-electron chi connectivity index (χ1n) is 12.1. The van der Waals surface area contributed by atoms with Crippen molar-refractivity contribution in [3.63, 3.8) is 0 Å². The lowest BCUT2D eigenvalue weighted by Crippen LogP contribution is -2.52. The van der Waals surface area contributed by atoms with E-state index in [4.69, 9.17) is 9.15 Å². The fourth-order valence-corrected chi connectivity index (χ4v) is 6.17. The zero-order valence-corrected chi connectivity index (χ0v) is 19.5. The van der Waals surface area contributed by atoms with Crippen LogP contribution in [0.15, 0.2) is 44.3 Å². The van der Waals surface area contributed by atoms with Crippen LogP contribution in [0.25, 0.3) is 11.0 Å². The highest BCUT2D eigenvalue weighted by molar-refractivity contribution is 5.87. The van der Waals surface area contributed by atoms with E-state index < -0.39 is 6.10 Å². The van der Waals surface area contributed by atoms with E-state index >= 15 is 0 Å². The van der Waals surface area contributed by atoms with Gasteiger partial charge in [0.1, 0.15) is 11.3 Å². The van der Waals surface area contributed by atoms with Crippen molar-refractivity contribution in [3.8, 4) is 5.75 Å². The molecule has 0 radical (unpaired) electrons. The monoisotopic (exact) mass is 460 g/mol. The van der Waals surface area contributed by atoms with Gasteiger partial charge in [-0.2, -0.15) is 0 Å². The van der Waals surface area contributed by atoms with Crippen LogP contribution in [0.4, 0.5) is 0 Å². The van der Waals surface area contributed by atoms with Gasteiger partial charge in [0.25, 0.3) is 11.5 Å². The van der Waals surface area contributed by atoms with Crippen LogP contribution >= 0.6 is 0 Å². The van der Waals surface area contributed by atoms with Crippen molar-refractivity contribution in [1.29, 1.82) is 0 Å². The molecule has 1 saturated heterocycles. The summed E-state index contributed by atoms with van der Waals surface area (Å²) in [5, 5.41) is 0.966. The number of amides is 1. The van der Waals surface area contributed by atoms with Gasteiger partial charge in [-0.25, -0.2) is 4.79 Å². The number of likely N-dealkylation sites (tertiary alicyclic amines) is 1. The second kappa shape index (κ2) is 7.86. The Labute approximate surface area is 196 Å². The molecule has 1 aliphatic carbocycles. The van der Waals surface area contributed by atoms with Crippen LogP contribution in [0, 0.1) is 12.8 Å². The molecule has 0 saturated carbocycles. The molecule has 1 amide bonds. The molecule has 0 unspecified atom stereocenters. The van der Waals surface area contributed by atoms with Crippen molar-refractivity contribution in [3.05, 3.63) is 73.5 Å². The number of aryl methyl sites for hydroxylation is 2. The number of benzene rings is 1. The molecular weight excluding hydrogens is 432 g/mol. The highest BCUT2D eigenvalue weighted by atomic mass is 16.5. The van der Waals surface area contributed by atoms with Gasteiger partial charge in [-0.1, -0.05) is 6.07 Å². The summed E-state index contributed by atoms with van der Waals surface area (Å²) in [7, 11) is 0. The Morgan fingerprint density at radius 3 is 2.76 bits per heavy atom. The molecule has 2 aromatic heterocycles. The number of ether oxygens (including phenoxy) is 1. The first kappa shape index (κ1) is 21.2. The number of piperidine rings is 1. The lowest BCUT2D eigenvalue weighted by molar-refractivity contribution is -0.140. The van der Waals surface area contributed by atoms with E-state index in [1.165, 1.54) is 0 Å². The van der Waals surface area contributed by atoms with Gasteiger partial charge in [0.2, 0.25) is 0 Å². The van der Waals surface area contributed by atoms with E-state index in [2.05, 4.69) is 0 Å². The third kappa shape index (κ3) is 3.29. The standard InChI is InChI=1S/C27H28N2O5/c1-15-23(10-9-20-19-5-3-6-21(19)27(32)34-25(15)20)33-16(2)26(31)28-12-17-11-18(14-28)22-7-4-8-24(30)29(22)13-17/h4,7-10,16-18H,3,5-6,11-14H2,1-2H3/t16-,17+,18-/m1/s1. The van der Waals surface area contributed by atoms with Gasteiger partial charge in [-0.3, -0.25) is 9.59 Å². The Hall–Kier alpha value is -3.35. The lowest BCUT2D eigenvalue weighted by atomic mass is 9.83. The third-order valence-electron chi connectivity index (χ3n) is 7.78. The Kier molecular flexibility index (Phi) is 4.90. The molecule has 3 atom stereocenters. The molecular formula is C27H28N2O5. The quantitative estimate of drug-likeness (QED) is 0.561. The molecule has 6 rings (SSSR count). The highest BCUT2D eigenvalue weighted by Gasteiger charge is 2.37. The van der Waals surface area contributed by atoms with Gasteiger partial charge in [-0.15, -0.1) is 0 Å². The number of carbonyl (C=O) groups is 1. The zero-order valence-electron chi connectivity index (χ0n) is 19.5. The minimum atomic E-state index is -0.672. The SMILES string of the molecule is Cc1c(O[C@H](C)C(=O)N2C[C@@H]3C[C@H](C2)c2cccc(=O)n2C3)ccc2c3c(c(=O)oc12)CCC3. The van der Waals surface area contributed by atoms with Crippen LogP contribution < -0.4 is 15.9 Å². The van der Waals surface area contributed by atoms with Crippen molar-refractivity contribution >= 4 is 16.9 Å². The summed E-state index contributed by atoms with van der Waals surface area (Å²) in [6, 6.07) is 9.23. The van der Waals surface area contributed by atoms with Crippen LogP contribution in [-0.2, 0) is 24.2 Å². The normalized spacial score (nSPS) is 21.8. The Bertz CT molecular complexity index is 1440. The maximum Gasteiger partial charge on any atom is 0.339 e. The largest absolute Gasteiger partial charge is 0.480 e. The van der Waals surface area contributed by atoms with Gasteiger partial charge in [0, 0.05) is 53.8 Å². The maximum atomic E-state index is 13.4. The molecule has 34 heavy (non-hydrogen) atoms. The van der Waals surface area contributed by atoms with Gasteiger partial charge < -0.3 is 18.6 Å². The number of nitrogens with zero attached hydrogens (tertiary/aromatic N) is 2. The Morgan fingerprint density at radius 2 is 1.91 bits per heavy atom. The molecule has 3 aliphatic rings. The molecule has 7 nitrogen and oxygen atoms in total. The molecule has 3 aromatic rings. The third-order valence-corrected chi connectivity index (χ3v) is 7.78. The van der Waals surface area contributed by atoms with E-state index in [0.29, 0.717) is 31.0 Å². The fraction of sp³-hybridized carbons (Fsp3) is 0.444. The summed E-state index contributed by atoms with van der Waals surface area (Å²) in [4.78, 5) is 39.9. The van der Waals surface area contributed by atoms with Gasteiger partial charge in [0.15, 0.2) is 6.10 Å². The van der Waals surface area contributed by atoms with Gasteiger partial charge >= 0.3 is 5.63 Å². The van der Waals surface area contributed by atoms with Crippen LogP contribution in [-0.4, -0.2) is 34.6 Å². The number of rotatable bonds is 3. The number of hydrogen-bond donors (Lipinski definition) is 0. The number of hydrogen-bond acceptors (Lipinski definition) is 5. The lowest BCUT2D eigenvalue weighted by Gasteiger charge is -2.43. The molecule has 2 aliphatic heterocycles. The van der Waals surface area contributed by atoms with E-state index in [-0.39, 0.29) is 28.9 Å². The topological polar surface area (TPSA) is 81.8 Å². The van der Waals surface area contributed by atoms with Crippen molar-refractivity contribution in [2.75, 3.05) is 13.1 Å². The predicted molar refractivity (Wildman–Crippen MR) is 127 cm³/mol. The number of fused-ring (bicyclic) bond motifs is 7. The van der Waals surface area contributed by atoms with Crippen LogP contribution in [0.3, 0.4) is 0 Å². The van der Waals surface area contributed by atoms with E-state index in [1.807, 2.05) is 34.6 Å². The number of pyridine rings is 1. The smallest absolute Gasteiger partial charge is 0.339 e. The average Bonchev–Trinajstić information content (AvgIpc) is 3.32. The van der Waals surface area contributed by atoms with Crippen LogP contribution in [0.5, 0.6) is 5.75 Å². The molecule has 0 N–H and O–H groups in total. The Morgan fingerprint density at radius 1 is 1.09 bits per heavy atom. The van der Waals surface area contributed by atoms with E-state index in [1.54, 1.807) is 19.1 Å². The number of aromatic nitrogens is 1. The summed E-state index contributed by atoms with van der Waals surface area (Å²) < 4.78 is 13.7. The fourth-order valence-electron chi connectivity index (χ4n) is 6.17. The van der Waals surface area contributed by atoms with Crippen molar-refractivity contribution in [2.24, 2.45) is 5.92 Å². The first-order valence-corrected chi connectivity index (χ1v) is 12.1. The van der Waals surface area contributed by atoms with Crippen LogP contribution in [0.1, 0.15) is 48.1 Å². The summed E-state index contributed by atoms with van der Waals surface area (Å²) in [5.74, 6) is 0.928. The molecule has 0 spiro atoms. The van der Waals surface area contributed by atoms with Crippen molar-refractivity contribution in [2.45, 2.75) is 58.1 Å². The average molecular weight is 461 g/mol. The second-order valence-electron chi connectivity index (χ2n) is 9.97. The summed E-state index contributed by atoms with van der Waals surface area (Å²) in [6.45, 7) is 5.51. The second-order valence-corrected chi connectivity index (χ2v) is 9.97. The minimum Gasteiger partial charge on any atom is -0.480 e. The summed E-state index contributed by atoms with van der Waals surface area (Å²) in [6.07, 6.45) is 2.95. The minimum absolute atomic E-state index is 0.0350. The predicted octanol–water partition coefficient (Wildman–Crippen LogP) is 3.17. The van der Waals surface area contributed by atoms with E-state index in [0.717, 1.165) is 53.5 Å². The molecule has 1 aromatic carbocycles. The molecule has 1 fully saturated rings. The zero-order chi connectivity index (χ0) is 23.6. The summed E-state index contributed by atoms with van der Waals surface area (Å²) in [5.41, 5.74) is 3.97. The highest BCUT2D eigenvalue weighted by Crippen LogP contribution is 2.36. The van der Waals surface area contributed by atoms with Crippen molar-refractivity contribution < 1.29 is 13.9 Å². The van der Waals surface area contributed by atoms with Gasteiger partial charge in [0.05, 0.1) is 0 Å². The maximum absolute atomic E-state index is 13.4. The first-order chi connectivity index (χ1) is 16.4. The van der Waals surface area contributed by atoms with Gasteiger partial charge in [-0.05, 0) is 69.2 Å². The molecule has 176 valence electrons. The Balaban J connectivity index is 1.24. The number of carbonyl (C=O) groups excluding carboxylic acids is 1. The van der Waals surface area contributed by atoms with Crippen molar-refractivity contribution in [1.82, 2.24) is 9.47 Å². The molecule has 4 heterocycles. The van der Waals surface area contributed by atoms with Crippen LogP contribution in [0.2, 0.25) is 0 Å². The molecule has 7 heteroatoms. The van der Waals surface area contributed by atoms with E-state index in [9.17, 15) is 14.4 Å².